The fourth-order valence-corrected chi connectivity index (χ4v) is 1.47. The molecule has 1 atom stereocenters. The number of nitrogens with two attached hydrogens (primary N) is 1. The van der Waals surface area contributed by atoms with Crippen LogP contribution in [0.1, 0.15) is 18.1 Å². The Bertz CT molecular complexity index is 383. The van der Waals surface area contributed by atoms with E-state index in [0.29, 0.717) is 11.6 Å². The summed E-state index contributed by atoms with van der Waals surface area (Å²) in [5.41, 5.74) is 7.54. The van der Waals surface area contributed by atoms with E-state index in [0.717, 1.165) is 21.9 Å². The Hall–Kier alpha value is -0.800. The van der Waals surface area contributed by atoms with Crippen LogP contribution in [0.5, 0.6) is 5.75 Å². The lowest BCUT2D eigenvalue weighted by Crippen LogP contribution is -2.24. The normalized spacial score (nSPS) is 12.2. The number of hydrogen-bond acceptors (Lipinski definition) is 2. The van der Waals surface area contributed by atoms with E-state index < -0.39 is 0 Å². The van der Waals surface area contributed by atoms with Crippen LogP contribution in [-0.4, -0.2) is 11.6 Å². The van der Waals surface area contributed by atoms with E-state index in [9.17, 15) is 0 Å². The summed E-state index contributed by atoms with van der Waals surface area (Å²) in [6.45, 7) is 6.35. The van der Waals surface area contributed by atoms with E-state index in [1.165, 1.54) is 0 Å². The highest BCUT2D eigenvalue weighted by molar-refractivity contribution is 7.80. The van der Waals surface area contributed by atoms with E-state index in [2.05, 4.69) is 0 Å². The number of ether oxygens (including phenoxy) is 1. The zero-order valence-electron chi connectivity index (χ0n) is 9.71. The first-order valence-electron chi connectivity index (χ1n) is 5.10. The topological polar surface area (TPSA) is 35.2 Å². The number of rotatable bonds is 4. The molecule has 2 N–H and O–H groups in total. The van der Waals surface area contributed by atoms with Gasteiger partial charge in [0.2, 0.25) is 0 Å². The van der Waals surface area contributed by atoms with E-state index in [4.69, 9.17) is 34.3 Å². The molecule has 88 valence electrons. The average molecular weight is 258 g/mol. The summed E-state index contributed by atoms with van der Waals surface area (Å²) in [5.74, 6) is 0.883. The summed E-state index contributed by atoms with van der Waals surface area (Å²) in [6.07, 6.45) is 0. The van der Waals surface area contributed by atoms with Gasteiger partial charge in [0.1, 0.15) is 5.75 Å². The van der Waals surface area contributed by atoms with Crippen LogP contribution in [0.25, 0.3) is 0 Å². The Balaban J connectivity index is 2.72. The van der Waals surface area contributed by atoms with Gasteiger partial charge >= 0.3 is 0 Å². The molecule has 0 saturated carbocycles. The number of hydrogen-bond donors (Lipinski definition) is 1. The lowest BCUT2D eigenvalue weighted by atomic mass is 10.1. The SMILES string of the molecule is Cc1cc(OCC(C)C(N)=S)cc(C)c1Cl. The second kappa shape index (κ2) is 5.51. The van der Waals surface area contributed by atoms with Gasteiger partial charge in [-0.2, -0.15) is 0 Å². The molecule has 16 heavy (non-hydrogen) atoms. The van der Waals surface area contributed by atoms with Gasteiger partial charge in [-0.3, -0.25) is 0 Å². The summed E-state index contributed by atoms with van der Waals surface area (Å²) in [6, 6.07) is 3.84. The Labute approximate surface area is 107 Å². The van der Waals surface area contributed by atoms with E-state index in [1.807, 2.05) is 32.9 Å². The second-order valence-corrected chi connectivity index (χ2v) is 4.83. The van der Waals surface area contributed by atoms with Crippen molar-refractivity contribution < 1.29 is 4.74 Å². The van der Waals surface area contributed by atoms with Gasteiger partial charge in [0.15, 0.2) is 0 Å². The molecule has 0 radical (unpaired) electrons. The minimum Gasteiger partial charge on any atom is -0.493 e. The molecule has 0 fully saturated rings. The predicted molar refractivity (Wildman–Crippen MR) is 72.4 cm³/mol. The van der Waals surface area contributed by atoms with Crippen LogP contribution in [0.4, 0.5) is 0 Å². The first-order valence-corrected chi connectivity index (χ1v) is 5.89. The molecule has 1 aromatic rings. The molecule has 0 aliphatic heterocycles. The summed E-state index contributed by atoms with van der Waals surface area (Å²) in [5, 5.41) is 0.787. The van der Waals surface area contributed by atoms with Gasteiger partial charge in [-0.05, 0) is 37.1 Å². The average Bonchev–Trinajstić information content (AvgIpc) is 2.22. The zero-order valence-corrected chi connectivity index (χ0v) is 11.3. The van der Waals surface area contributed by atoms with Crippen LogP contribution >= 0.6 is 23.8 Å². The molecule has 0 aromatic heterocycles. The highest BCUT2D eigenvalue weighted by Crippen LogP contribution is 2.26. The zero-order chi connectivity index (χ0) is 12.3. The maximum absolute atomic E-state index is 6.07. The minimum absolute atomic E-state index is 0.0753. The lowest BCUT2D eigenvalue weighted by molar-refractivity contribution is 0.293. The standard InChI is InChI=1S/C12H16ClNOS/c1-7-4-10(5-8(2)11(7)13)15-6-9(3)12(14)16/h4-5,9H,6H2,1-3H3,(H2,14,16). The van der Waals surface area contributed by atoms with Gasteiger partial charge in [0.05, 0.1) is 11.6 Å². The molecular weight excluding hydrogens is 242 g/mol. The summed E-state index contributed by atoms with van der Waals surface area (Å²) in [7, 11) is 0. The van der Waals surface area contributed by atoms with Crippen molar-refractivity contribution in [3.63, 3.8) is 0 Å². The fourth-order valence-electron chi connectivity index (χ4n) is 1.29. The Kier molecular flexibility index (Phi) is 4.56. The van der Waals surface area contributed by atoms with Crippen LogP contribution in [0.3, 0.4) is 0 Å². The molecule has 1 rings (SSSR count). The van der Waals surface area contributed by atoms with E-state index in [-0.39, 0.29) is 5.92 Å². The first-order chi connectivity index (χ1) is 7.41. The largest absolute Gasteiger partial charge is 0.493 e. The van der Waals surface area contributed by atoms with Gasteiger partial charge in [-0.15, -0.1) is 0 Å². The number of halogens is 1. The third kappa shape index (κ3) is 3.35. The molecule has 0 heterocycles. The van der Waals surface area contributed by atoms with Crippen molar-refractivity contribution in [3.05, 3.63) is 28.3 Å². The molecule has 0 amide bonds. The quantitative estimate of drug-likeness (QED) is 0.841. The van der Waals surface area contributed by atoms with Crippen molar-refractivity contribution in [2.75, 3.05) is 6.61 Å². The highest BCUT2D eigenvalue weighted by atomic mass is 35.5. The van der Waals surface area contributed by atoms with Crippen LogP contribution in [0.2, 0.25) is 5.02 Å². The first kappa shape index (κ1) is 13.3. The smallest absolute Gasteiger partial charge is 0.119 e. The monoisotopic (exact) mass is 257 g/mol. The van der Waals surface area contributed by atoms with Crippen molar-refractivity contribution in [2.45, 2.75) is 20.8 Å². The minimum atomic E-state index is 0.0753. The predicted octanol–water partition coefficient (Wildman–Crippen LogP) is 3.26. The van der Waals surface area contributed by atoms with Gasteiger partial charge in [0, 0.05) is 10.9 Å². The van der Waals surface area contributed by atoms with Crippen molar-refractivity contribution in [3.8, 4) is 5.75 Å². The van der Waals surface area contributed by atoms with Gasteiger partial charge < -0.3 is 10.5 Å². The third-order valence-corrected chi connectivity index (χ3v) is 3.39. The molecule has 0 aliphatic rings. The molecule has 1 aromatic carbocycles. The van der Waals surface area contributed by atoms with Gasteiger partial charge in [-0.1, -0.05) is 30.7 Å². The van der Waals surface area contributed by atoms with Crippen LogP contribution in [0, 0.1) is 19.8 Å². The molecule has 4 heteroatoms. The Morgan fingerprint density at radius 2 is 1.94 bits per heavy atom. The van der Waals surface area contributed by atoms with Gasteiger partial charge in [0.25, 0.3) is 0 Å². The number of benzene rings is 1. The van der Waals surface area contributed by atoms with Crippen molar-refractivity contribution in [1.29, 1.82) is 0 Å². The summed E-state index contributed by atoms with van der Waals surface area (Å²) < 4.78 is 5.62. The molecule has 1 unspecified atom stereocenters. The number of aryl methyl sites for hydroxylation is 2. The van der Waals surface area contributed by atoms with E-state index in [1.54, 1.807) is 0 Å². The number of thiocarbonyl (C=S) groups is 1. The molecule has 0 aliphatic carbocycles. The molecule has 0 spiro atoms. The maximum Gasteiger partial charge on any atom is 0.119 e. The third-order valence-electron chi connectivity index (χ3n) is 2.40. The summed E-state index contributed by atoms with van der Waals surface area (Å²) in [4.78, 5) is 0.474. The maximum atomic E-state index is 6.07. The lowest BCUT2D eigenvalue weighted by Gasteiger charge is -2.13. The summed E-state index contributed by atoms with van der Waals surface area (Å²) >= 11 is 10.9. The molecule has 0 bridgehead atoms. The highest BCUT2D eigenvalue weighted by Gasteiger charge is 2.08. The van der Waals surface area contributed by atoms with Crippen molar-refractivity contribution in [1.82, 2.24) is 0 Å². The van der Waals surface area contributed by atoms with E-state index >= 15 is 0 Å². The van der Waals surface area contributed by atoms with Gasteiger partial charge in [-0.25, -0.2) is 0 Å². The van der Waals surface area contributed by atoms with Crippen LogP contribution in [-0.2, 0) is 0 Å². The van der Waals surface area contributed by atoms with Crippen molar-refractivity contribution >= 4 is 28.8 Å². The van der Waals surface area contributed by atoms with Crippen LogP contribution < -0.4 is 10.5 Å². The Morgan fingerprint density at radius 3 is 2.38 bits per heavy atom. The van der Waals surface area contributed by atoms with Crippen molar-refractivity contribution in [2.24, 2.45) is 11.7 Å². The molecular formula is C12H16ClNOS. The molecule has 2 nitrogen and oxygen atoms in total. The molecule has 0 saturated heterocycles. The Morgan fingerprint density at radius 1 is 1.44 bits per heavy atom. The fraction of sp³-hybridized carbons (Fsp3) is 0.417. The second-order valence-electron chi connectivity index (χ2n) is 3.99. The van der Waals surface area contributed by atoms with Crippen LogP contribution in [0.15, 0.2) is 12.1 Å².